The second-order valence-corrected chi connectivity index (χ2v) is 7.22. The molecular formula is C16H23BrN2O2. The van der Waals surface area contributed by atoms with E-state index in [0.717, 1.165) is 36.1 Å². The zero-order valence-electron chi connectivity index (χ0n) is 12.9. The highest BCUT2D eigenvalue weighted by Gasteiger charge is 2.26. The standard InChI is InChI=1S/C16H23BrN2O2/c1-16(2,3)21-15(20)19-10-8-12(9-11-19)18-14-7-5-4-6-13(14)17/h4-7,12,18H,8-11H2,1-3H3. The minimum atomic E-state index is -0.429. The molecule has 5 heteroatoms. The quantitative estimate of drug-likeness (QED) is 0.862. The number of para-hydroxylation sites is 1. The van der Waals surface area contributed by atoms with Gasteiger partial charge in [0, 0.05) is 29.3 Å². The van der Waals surface area contributed by atoms with Crippen molar-refractivity contribution in [3.63, 3.8) is 0 Å². The number of nitrogens with zero attached hydrogens (tertiary/aromatic N) is 1. The molecule has 1 aliphatic rings. The van der Waals surface area contributed by atoms with Crippen molar-refractivity contribution in [1.29, 1.82) is 0 Å². The molecule has 21 heavy (non-hydrogen) atoms. The molecule has 0 aliphatic carbocycles. The van der Waals surface area contributed by atoms with Gasteiger partial charge in [-0.3, -0.25) is 0 Å². The second kappa shape index (κ2) is 6.69. The van der Waals surface area contributed by atoms with Gasteiger partial charge < -0.3 is 15.0 Å². The summed E-state index contributed by atoms with van der Waals surface area (Å²) in [5.41, 5.74) is 0.675. The predicted octanol–water partition coefficient (Wildman–Crippen LogP) is 4.26. The number of anilines is 1. The molecule has 0 aromatic heterocycles. The molecule has 1 amide bonds. The van der Waals surface area contributed by atoms with Gasteiger partial charge in [-0.1, -0.05) is 12.1 Å². The third kappa shape index (κ3) is 4.92. The van der Waals surface area contributed by atoms with Crippen LogP contribution in [0.1, 0.15) is 33.6 Å². The van der Waals surface area contributed by atoms with Crippen LogP contribution < -0.4 is 5.32 Å². The lowest BCUT2D eigenvalue weighted by atomic mass is 10.0. The van der Waals surface area contributed by atoms with Gasteiger partial charge in [-0.05, 0) is 61.7 Å². The molecule has 0 spiro atoms. The number of hydrogen-bond acceptors (Lipinski definition) is 3. The maximum Gasteiger partial charge on any atom is 0.410 e. The van der Waals surface area contributed by atoms with Crippen LogP contribution in [-0.2, 0) is 4.74 Å². The number of piperidine rings is 1. The van der Waals surface area contributed by atoms with Gasteiger partial charge >= 0.3 is 6.09 Å². The Hall–Kier alpha value is -1.23. The van der Waals surface area contributed by atoms with Crippen LogP contribution in [0.15, 0.2) is 28.7 Å². The van der Waals surface area contributed by atoms with Crippen LogP contribution in [0.5, 0.6) is 0 Å². The van der Waals surface area contributed by atoms with E-state index in [4.69, 9.17) is 4.74 Å². The number of carbonyl (C=O) groups is 1. The summed E-state index contributed by atoms with van der Waals surface area (Å²) in [5.74, 6) is 0. The fraction of sp³-hybridized carbons (Fsp3) is 0.562. The molecule has 1 aromatic carbocycles. The fourth-order valence-corrected chi connectivity index (χ4v) is 2.73. The van der Waals surface area contributed by atoms with Gasteiger partial charge in [0.05, 0.1) is 0 Å². The molecule has 0 saturated carbocycles. The smallest absolute Gasteiger partial charge is 0.410 e. The largest absolute Gasteiger partial charge is 0.444 e. The van der Waals surface area contributed by atoms with E-state index in [1.165, 1.54) is 0 Å². The van der Waals surface area contributed by atoms with Crippen molar-refractivity contribution in [2.24, 2.45) is 0 Å². The van der Waals surface area contributed by atoms with Gasteiger partial charge in [0.25, 0.3) is 0 Å². The van der Waals surface area contributed by atoms with E-state index < -0.39 is 5.60 Å². The summed E-state index contributed by atoms with van der Waals surface area (Å²) < 4.78 is 6.48. The molecule has 1 aromatic rings. The lowest BCUT2D eigenvalue weighted by Crippen LogP contribution is -2.44. The van der Waals surface area contributed by atoms with Crippen molar-refractivity contribution in [2.75, 3.05) is 18.4 Å². The summed E-state index contributed by atoms with van der Waals surface area (Å²) in [5, 5.41) is 3.53. The molecule has 1 fully saturated rings. The fourth-order valence-electron chi connectivity index (χ4n) is 2.33. The van der Waals surface area contributed by atoms with E-state index in [1.54, 1.807) is 4.90 Å². The highest BCUT2D eigenvalue weighted by Crippen LogP contribution is 2.24. The molecule has 0 bridgehead atoms. The summed E-state index contributed by atoms with van der Waals surface area (Å²) in [6, 6.07) is 8.49. The van der Waals surface area contributed by atoms with Crippen LogP contribution in [0, 0.1) is 0 Å². The van der Waals surface area contributed by atoms with Crippen LogP contribution in [0.25, 0.3) is 0 Å². The van der Waals surface area contributed by atoms with Crippen molar-refractivity contribution >= 4 is 27.7 Å². The van der Waals surface area contributed by atoms with Crippen molar-refractivity contribution in [3.05, 3.63) is 28.7 Å². The molecule has 2 rings (SSSR count). The number of carbonyl (C=O) groups excluding carboxylic acids is 1. The molecule has 0 atom stereocenters. The van der Waals surface area contributed by atoms with Crippen LogP contribution >= 0.6 is 15.9 Å². The van der Waals surface area contributed by atoms with Gasteiger partial charge in [0.2, 0.25) is 0 Å². The molecule has 4 nitrogen and oxygen atoms in total. The first-order valence-electron chi connectivity index (χ1n) is 7.34. The average Bonchev–Trinajstić information content (AvgIpc) is 2.40. The van der Waals surface area contributed by atoms with E-state index in [2.05, 4.69) is 27.3 Å². The Morgan fingerprint density at radius 1 is 1.29 bits per heavy atom. The first kappa shape index (κ1) is 16.1. The zero-order chi connectivity index (χ0) is 15.5. The molecule has 116 valence electrons. The Labute approximate surface area is 135 Å². The maximum absolute atomic E-state index is 12.0. The Bertz CT molecular complexity index is 491. The number of nitrogens with one attached hydrogen (secondary N) is 1. The van der Waals surface area contributed by atoms with Gasteiger partial charge in [-0.2, -0.15) is 0 Å². The monoisotopic (exact) mass is 354 g/mol. The number of halogens is 1. The van der Waals surface area contributed by atoms with E-state index in [0.29, 0.717) is 6.04 Å². The van der Waals surface area contributed by atoms with E-state index in [-0.39, 0.29) is 6.09 Å². The normalized spacial score (nSPS) is 16.7. The summed E-state index contributed by atoms with van der Waals surface area (Å²) in [6.45, 7) is 7.15. The molecule has 0 radical (unpaired) electrons. The summed E-state index contributed by atoms with van der Waals surface area (Å²) in [6.07, 6.45) is 1.66. The second-order valence-electron chi connectivity index (χ2n) is 6.37. The van der Waals surface area contributed by atoms with Crippen LogP contribution in [-0.4, -0.2) is 35.7 Å². The first-order chi connectivity index (χ1) is 9.85. The van der Waals surface area contributed by atoms with E-state index in [1.807, 2.05) is 39.0 Å². The third-order valence-electron chi connectivity index (χ3n) is 3.38. The average molecular weight is 355 g/mol. The van der Waals surface area contributed by atoms with Gasteiger partial charge in [-0.15, -0.1) is 0 Å². The molecule has 1 N–H and O–H groups in total. The number of likely N-dealkylation sites (tertiary alicyclic amines) is 1. The van der Waals surface area contributed by atoms with Gasteiger partial charge in [-0.25, -0.2) is 4.79 Å². The Morgan fingerprint density at radius 2 is 1.90 bits per heavy atom. The first-order valence-corrected chi connectivity index (χ1v) is 8.13. The predicted molar refractivity (Wildman–Crippen MR) is 88.6 cm³/mol. The zero-order valence-corrected chi connectivity index (χ0v) is 14.4. The highest BCUT2D eigenvalue weighted by atomic mass is 79.9. The molecule has 1 heterocycles. The van der Waals surface area contributed by atoms with Gasteiger partial charge in [0.15, 0.2) is 0 Å². The lowest BCUT2D eigenvalue weighted by Gasteiger charge is -2.34. The molecular weight excluding hydrogens is 332 g/mol. The SMILES string of the molecule is CC(C)(C)OC(=O)N1CCC(Nc2ccccc2Br)CC1. The summed E-state index contributed by atoms with van der Waals surface area (Å²) >= 11 is 3.54. The van der Waals surface area contributed by atoms with Crippen LogP contribution in [0.2, 0.25) is 0 Å². The number of rotatable bonds is 2. The lowest BCUT2D eigenvalue weighted by molar-refractivity contribution is 0.0210. The van der Waals surface area contributed by atoms with Gasteiger partial charge in [0.1, 0.15) is 5.60 Å². The highest BCUT2D eigenvalue weighted by molar-refractivity contribution is 9.10. The number of benzene rings is 1. The van der Waals surface area contributed by atoms with Crippen molar-refractivity contribution in [2.45, 2.75) is 45.3 Å². The van der Waals surface area contributed by atoms with Crippen LogP contribution in [0.4, 0.5) is 10.5 Å². The number of ether oxygens (including phenoxy) is 1. The summed E-state index contributed by atoms with van der Waals surface area (Å²) in [4.78, 5) is 13.8. The Kier molecular flexibility index (Phi) is 5.14. The van der Waals surface area contributed by atoms with E-state index in [9.17, 15) is 4.79 Å². The minimum Gasteiger partial charge on any atom is -0.444 e. The maximum atomic E-state index is 12.0. The van der Waals surface area contributed by atoms with E-state index >= 15 is 0 Å². The Balaban J connectivity index is 1.83. The third-order valence-corrected chi connectivity index (χ3v) is 4.07. The number of hydrogen-bond donors (Lipinski definition) is 1. The topological polar surface area (TPSA) is 41.6 Å². The minimum absolute atomic E-state index is 0.207. The van der Waals surface area contributed by atoms with Crippen molar-refractivity contribution < 1.29 is 9.53 Å². The van der Waals surface area contributed by atoms with Crippen molar-refractivity contribution in [1.82, 2.24) is 4.90 Å². The van der Waals surface area contributed by atoms with Crippen LogP contribution in [0.3, 0.4) is 0 Å². The van der Waals surface area contributed by atoms with Crippen molar-refractivity contribution in [3.8, 4) is 0 Å². The molecule has 1 saturated heterocycles. The molecule has 1 aliphatic heterocycles. The Morgan fingerprint density at radius 3 is 2.48 bits per heavy atom. The summed E-state index contributed by atoms with van der Waals surface area (Å²) in [7, 11) is 0. The molecule has 0 unspecified atom stereocenters. The number of amides is 1.